The summed E-state index contributed by atoms with van der Waals surface area (Å²) < 4.78 is 12.4. The molecule has 0 bridgehead atoms. The van der Waals surface area contributed by atoms with E-state index in [1.807, 2.05) is 54.7 Å². The van der Waals surface area contributed by atoms with Crippen LogP contribution in [0, 0.1) is 0 Å². The monoisotopic (exact) mass is 450 g/mol. The molecule has 1 N–H and O–H groups in total. The van der Waals surface area contributed by atoms with Crippen LogP contribution < -0.4 is 10.1 Å². The number of aromatic nitrogens is 2. The fraction of sp³-hybridized carbons (Fsp3) is 0.292. The summed E-state index contributed by atoms with van der Waals surface area (Å²) in [7, 11) is 3.07. The minimum absolute atomic E-state index is 0.101. The molecular weight excluding hydrogens is 424 g/mol. The average Bonchev–Trinajstić information content (AvgIpc) is 3.44. The van der Waals surface area contributed by atoms with Crippen molar-refractivity contribution in [1.82, 2.24) is 19.8 Å². The maximum atomic E-state index is 11.6. The fourth-order valence-corrected chi connectivity index (χ4v) is 4.43. The molecule has 7 nitrogen and oxygen atoms in total. The van der Waals surface area contributed by atoms with Crippen LogP contribution >= 0.6 is 12.2 Å². The molecule has 1 fully saturated rings. The number of hydrogen-bond donors (Lipinski definition) is 1. The van der Waals surface area contributed by atoms with Crippen LogP contribution in [0.5, 0.6) is 5.75 Å². The number of nitrogens with one attached hydrogen (secondary N) is 1. The number of thiocarbonyl (C=S) groups is 1. The fourth-order valence-electron chi connectivity index (χ4n) is 4.09. The standard InChI is InChI=1S/C24H26N4O3S/c1-30-18-9-5-8-17(16-18)27-14-6-11-20(27)23-22(19-10-3-4-13-25-19)26-24(32)28(23)15-7-12-21(29)31-2/h3-6,8-11,13-14,16,22-23H,7,12,15H2,1-2H3,(H,26,32)/t22-,23-/m0/s1. The number of methoxy groups -OCH3 is 2. The van der Waals surface area contributed by atoms with Crippen molar-refractivity contribution < 1.29 is 14.3 Å². The number of ether oxygens (including phenoxy) is 2. The Morgan fingerprint density at radius 2 is 2.03 bits per heavy atom. The molecule has 0 radical (unpaired) electrons. The minimum atomic E-state index is -0.222. The van der Waals surface area contributed by atoms with Crippen molar-refractivity contribution in [3.05, 3.63) is 78.4 Å². The van der Waals surface area contributed by atoms with Crippen LogP contribution in [0.1, 0.15) is 36.3 Å². The minimum Gasteiger partial charge on any atom is -0.497 e. The van der Waals surface area contributed by atoms with E-state index in [2.05, 4.69) is 25.8 Å². The highest BCUT2D eigenvalue weighted by Gasteiger charge is 2.41. The van der Waals surface area contributed by atoms with E-state index in [1.165, 1.54) is 7.11 Å². The molecule has 0 spiro atoms. The molecule has 32 heavy (non-hydrogen) atoms. The molecule has 166 valence electrons. The summed E-state index contributed by atoms with van der Waals surface area (Å²) in [5.41, 5.74) is 2.98. The lowest BCUT2D eigenvalue weighted by atomic mass is 10.0. The van der Waals surface area contributed by atoms with E-state index in [1.54, 1.807) is 13.3 Å². The van der Waals surface area contributed by atoms with E-state index < -0.39 is 0 Å². The number of benzene rings is 1. The maximum absolute atomic E-state index is 11.6. The first kappa shape index (κ1) is 21.8. The molecule has 8 heteroatoms. The molecular formula is C24H26N4O3S. The first-order valence-corrected chi connectivity index (χ1v) is 10.9. The lowest BCUT2D eigenvalue weighted by molar-refractivity contribution is -0.140. The highest BCUT2D eigenvalue weighted by atomic mass is 32.1. The van der Waals surface area contributed by atoms with Crippen molar-refractivity contribution in [2.24, 2.45) is 0 Å². The Bertz CT molecular complexity index is 1090. The predicted molar refractivity (Wildman–Crippen MR) is 126 cm³/mol. The third-order valence-corrected chi connectivity index (χ3v) is 5.97. The van der Waals surface area contributed by atoms with Gasteiger partial charge in [-0.05, 0) is 55.0 Å². The third kappa shape index (κ3) is 4.45. The Balaban J connectivity index is 1.72. The Labute approximate surface area is 193 Å². The van der Waals surface area contributed by atoms with Crippen molar-refractivity contribution in [3.8, 4) is 11.4 Å². The first-order valence-electron chi connectivity index (χ1n) is 10.5. The molecule has 1 aliphatic heterocycles. The Morgan fingerprint density at radius 1 is 1.16 bits per heavy atom. The van der Waals surface area contributed by atoms with Crippen molar-refractivity contribution in [2.45, 2.75) is 24.9 Å². The van der Waals surface area contributed by atoms with Gasteiger partial charge in [-0.2, -0.15) is 0 Å². The Morgan fingerprint density at radius 3 is 2.78 bits per heavy atom. The van der Waals surface area contributed by atoms with Crippen LogP contribution in [-0.4, -0.2) is 46.3 Å². The molecule has 3 aromatic rings. The van der Waals surface area contributed by atoms with Crippen LogP contribution in [0.4, 0.5) is 0 Å². The van der Waals surface area contributed by atoms with Gasteiger partial charge < -0.3 is 24.3 Å². The normalized spacial score (nSPS) is 17.8. The van der Waals surface area contributed by atoms with Crippen LogP contribution in [-0.2, 0) is 9.53 Å². The molecule has 1 saturated heterocycles. The van der Waals surface area contributed by atoms with Gasteiger partial charge in [-0.15, -0.1) is 0 Å². The molecule has 3 heterocycles. The molecule has 0 unspecified atom stereocenters. The first-order chi connectivity index (χ1) is 15.6. The van der Waals surface area contributed by atoms with Gasteiger partial charge in [0.25, 0.3) is 0 Å². The predicted octanol–water partition coefficient (Wildman–Crippen LogP) is 3.81. The van der Waals surface area contributed by atoms with Crippen molar-refractivity contribution >= 4 is 23.3 Å². The molecule has 4 rings (SSSR count). The molecule has 0 saturated carbocycles. The zero-order chi connectivity index (χ0) is 22.5. The summed E-state index contributed by atoms with van der Waals surface area (Å²) in [6.07, 6.45) is 4.80. The van der Waals surface area contributed by atoms with Gasteiger partial charge in [-0.3, -0.25) is 9.78 Å². The largest absolute Gasteiger partial charge is 0.497 e. The summed E-state index contributed by atoms with van der Waals surface area (Å²) in [5.74, 6) is 0.569. The molecule has 1 aliphatic rings. The van der Waals surface area contributed by atoms with Gasteiger partial charge in [0.1, 0.15) is 5.75 Å². The lowest BCUT2D eigenvalue weighted by Gasteiger charge is -2.29. The number of rotatable bonds is 8. The highest BCUT2D eigenvalue weighted by Crippen LogP contribution is 2.39. The van der Waals surface area contributed by atoms with E-state index in [0.29, 0.717) is 24.5 Å². The second-order valence-corrected chi connectivity index (χ2v) is 7.89. The van der Waals surface area contributed by atoms with Gasteiger partial charge in [0.2, 0.25) is 0 Å². The van der Waals surface area contributed by atoms with Crippen LogP contribution in [0.25, 0.3) is 5.69 Å². The highest BCUT2D eigenvalue weighted by molar-refractivity contribution is 7.80. The molecule has 2 aromatic heterocycles. The van der Waals surface area contributed by atoms with E-state index in [9.17, 15) is 4.79 Å². The van der Waals surface area contributed by atoms with Crippen molar-refractivity contribution in [3.63, 3.8) is 0 Å². The summed E-state index contributed by atoms with van der Waals surface area (Å²) in [6, 6.07) is 17.7. The van der Waals surface area contributed by atoms with Gasteiger partial charge in [0.05, 0.1) is 32.0 Å². The Hall–Kier alpha value is -3.39. The zero-order valence-electron chi connectivity index (χ0n) is 18.1. The second kappa shape index (κ2) is 9.82. The summed E-state index contributed by atoms with van der Waals surface area (Å²) in [5, 5.41) is 4.10. The Kier molecular flexibility index (Phi) is 6.70. The van der Waals surface area contributed by atoms with Gasteiger partial charge in [0, 0.05) is 42.8 Å². The number of nitrogens with zero attached hydrogens (tertiary/aromatic N) is 3. The van der Waals surface area contributed by atoms with Gasteiger partial charge in [-0.1, -0.05) is 12.1 Å². The van der Waals surface area contributed by atoms with Gasteiger partial charge in [0.15, 0.2) is 5.11 Å². The topological polar surface area (TPSA) is 68.6 Å². The van der Waals surface area contributed by atoms with Crippen LogP contribution in [0.15, 0.2) is 67.0 Å². The smallest absolute Gasteiger partial charge is 0.305 e. The van der Waals surface area contributed by atoms with Crippen molar-refractivity contribution in [2.75, 3.05) is 20.8 Å². The quantitative estimate of drug-likeness (QED) is 0.413. The third-order valence-electron chi connectivity index (χ3n) is 5.62. The number of hydrogen-bond acceptors (Lipinski definition) is 5. The van der Waals surface area contributed by atoms with E-state index in [0.717, 1.165) is 22.8 Å². The van der Waals surface area contributed by atoms with Gasteiger partial charge in [-0.25, -0.2) is 0 Å². The maximum Gasteiger partial charge on any atom is 0.305 e. The van der Waals surface area contributed by atoms with E-state index in [-0.39, 0.29) is 18.1 Å². The van der Waals surface area contributed by atoms with Crippen LogP contribution in [0.3, 0.4) is 0 Å². The molecule has 1 aromatic carbocycles. The van der Waals surface area contributed by atoms with Crippen molar-refractivity contribution in [1.29, 1.82) is 0 Å². The molecule has 0 amide bonds. The summed E-state index contributed by atoms with van der Waals surface area (Å²) in [4.78, 5) is 18.4. The number of esters is 1. The SMILES string of the molecule is COC(=O)CCCN1C(=S)N[C@@H](c2ccccn2)[C@@H]1c1cccn1-c1cccc(OC)c1. The van der Waals surface area contributed by atoms with E-state index in [4.69, 9.17) is 21.7 Å². The zero-order valence-corrected chi connectivity index (χ0v) is 18.9. The second-order valence-electron chi connectivity index (χ2n) is 7.50. The average molecular weight is 451 g/mol. The number of carbonyl (C=O) groups is 1. The van der Waals surface area contributed by atoms with E-state index >= 15 is 0 Å². The van der Waals surface area contributed by atoms with Gasteiger partial charge >= 0.3 is 5.97 Å². The summed E-state index contributed by atoms with van der Waals surface area (Å²) >= 11 is 5.72. The number of pyridine rings is 1. The molecule has 2 atom stereocenters. The summed E-state index contributed by atoms with van der Waals surface area (Å²) in [6.45, 7) is 0.623. The lowest BCUT2D eigenvalue weighted by Crippen LogP contribution is -2.31. The molecule has 0 aliphatic carbocycles. The number of carbonyl (C=O) groups excluding carboxylic acids is 1. The van der Waals surface area contributed by atoms with Crippen LogP contribution in [0.2, 0.25) is 0 Å².